The Balaban J connectivity index is 1.66. The van der Waals surface area contributed by atoms with Crippen molar-refractivity contribution in [2.45, 2.75) is 57.3 Å². The lowest BCUT2D eigenvalue weighted by Crippen LogP contribution is -2.32. The lowest BCUT2D eigenvalue weighted by atomic mass is 9.98. The molecule has 156 valence electrons. The number of aromatic carboxylic acids is 1. The molecule has 2 unspecified atom stereocenters. The zero-order chi connectivity index (χ0) is 20.6. The van der Waals surface area contributed by atoms with E-state index in [1.54, 1.807) is 12.1 Å². The van der Waals surface area contributed by atoms with E-state index in [0.717, 1.165) is 42.5 Å². The van der Waals surface area contributed by atoms with Gasteiger partial charge in [-0.05, 0) is 48.9 Å². The number of carbonyl (C=O) groups excluding carboxylic acids is 1. The van der Waals surface area contributed by atoms with Crippen molar-refractivity contribution in [1.29, 1.82) is 0 Å². The molecule has 0 aliphatic carbocycles. The van der Waals surface area contributed by atoms with Crippen molar-refractivity contribution in [3.8, 4) is 0 Å². The van der Waals surface area contributed by atoms with E-state index < -0.39 is 5.97 Å². The van der Waals surface area contributed by atoms with Crippen molar-refractivity contribution in [3.63, 3.8) is 0 Å². The lowest BCUT2D eigenvalue weighted by Gasteiger charge is -2.24. The van der Waals surface area contributed by atoms with Gasteiger partial charge in [0.25, 0.3) is 0 Å². The Hall–Kier alpha value is -2.22. The zero-order valence-corrected chi connectivity index (χ0v) is 17.1. The Morgan fingerprint density at radius 2 is 1.97 bits per heavy atom. The van der Waals surface area contributed by atoms with Gasteiger partial charge in [0.05, 0.1) is 12.6 Å². The van der Waals surface area contributed by atoms with Crippen LogP contribution in [0.3, 0.4) is 0 Å². The fraction of sp³-hybridized carbons (Fsp3) is 0.455. The van der Waals surface area contributed by atoms with Gasteiger partial charge in [-0.1, -0.05) is 30.7 Å². The number of carboxylic acids is 1. The Labute approximate surface area is 174 Å². The van der Waals surface area contributed by atoms with Crippen LogP contribution in [-0.2, 0) is 22.6 Å². The van der Waals surface area contributed by atoms with E-state index in [2.05, 4.69) is 17.4 Å². The molecule has 2 heterocycles. The summed E-state index contributed by atoms with van der Waals surface area (Å²) in [5, 5.41) is 21.0. The van der Waals surface area contributed by atoms with E-state index in [9.17, 15) is 9.59 Å². The number of nitrogens with one attached hydrogen (secondary N) is 1. The number of aryl methyl sites for hydroxylation is 1. The summed E-state index contributed by atoms with van der Waals surface area (Å²) in [4.78, 5) is 23.9. The third-order valence-corrected chi connectivity index (χ3v) is 6.15. The summed E-state index contributed by atoms with van der Waals surface area (Å²) in [6.07, 6.45) is 4.80. The molecule has 1 aliphatic rings. The first-order chi connectivity index (χ1) is 14.1. The molecular formula is C22H27NO5S. The molecule has 1 aliphatic heterocycles. The predicted octanol–water partition coefficient (Wildman–Crippen LogP) is 3.69. The summed E-state index contributed by atoms with van der Waals surface area (Å²) < 4.78 is 6.17. The Morgan fingerprint density at radius 1 is 1.17 bits per heavy atom. The number of hydrogen-bond acceptors (Lipinski definition) is 5. The van der Waals surface area contributed by atoms with E-state index in [1.807, 2.05) is 12.1 Å². The highest BCUT2D eigenvalue weighted by Crippen LogP contribution is 2.30. The highest BCUT2D eigenvalue weighted by Gasteiger charge is 2.30. The zero-order valence-electron chi connectivity index (χ0n) is 16.3. The quantitative estimate of drug-likeness (QED) is 0.485. The van der Waals surface area contributed by atoms with E-state index in [4.69, 9.17) is 14.9 Å². The largest absolute Gasteiger partial charge is 0.477 e. The maximum atomic E-state index is 11.7. The van der Waals surface area contributed by atoms with Crippen LogP contribution >= 0.6 is 11.3 Å². The summed E-state index contributed by atoms with van der Waals surface area (Å²) >= 11 is 1.21. The molecule has 2 atom stereocenters. The van der Waals surface area contributed by atoms with Crippen molar-refractivity contribution < 1.29 is 24.5 Å². The third-order valence-electron chi connectivity index (χ3n) is 5.10. The number of hydrogen-bond donors (Lipinski definition) is 3. The average molecular weight is 418 g/mol. The van der Waals surface area contributed by atoms with Gasteiger partial charge in [-0.25, -0.2) is 4.79 Å². The maximum Gasteiger partial charge on any atom is 0.345 e. The Bertz CT molecular complexity index is 817. The van der Waals surface area contributed by atoms with Crippen molar-refractivity contribution >= 4 is 23.2 Å². The second-order valence-corrected chi connectivity index (χ2v) is 8.46. The van der Waals surface area contributed by atoms with Crippen molar-refractivity contribution in [2.75, 3.05) is 6.61 Å². The number of thiophene rings is 1. The minimum atomic E-state index is -0.935. The number of ether oxygens (including phenoxy) is 1. The first-order valence-electron chi connectivity index (χ1n) is 9.99. The molecule has 3 rings (SSSR count). The number of carbonyl (C=O) groups is 2. The van der Waals surface area contributed by atoms with Crippen LogP contribution in [0.4, 0.5) is 0 Å². The first kappa shape index (κ1) is 21.5. The molecule has 1 aromatic heterocycles. The average Bonchev–Trinajstić information content (AvgIpc) is 3.36. The van der Waals surface area contributed by atoms with Crippen LogP contribution in [0.1, 0.15) is 63.9 Å². The SMILES string of the molecule is O=C1CCC(C(OCc2ccc(C(=O)O)s2)c2ccc(CCCCCO)cc2)N1. The van der Waals surface area contributed by atoms with Crippen molar-refractivity contribution in [1.82, 2.24) is 5.32 Å². The van der Waals surface area contributed by atoms with Crippen molar-refractivity contribution in [3.05, 3.63) is 57.3 Å². The minimum absolute atomic E-state index is 0.0355. The molecule has 0 radical (unpaired) electrons. The molecule has 0 saturated carbocycles. The van der Waals surface area contributed by atoms with Gasteiger partial charge in [0.2, 0.25) is 5.91 Å². The summed E-state index contributed by atoms with van der Waals surface area (Å²) in [5.41, 5.74) is 2.25. The number of carboxylic acid groups (broad SMARTS) is 1. The highest BCUT2D eigenvalue weighted by atomic mass is 32.1. The number of benzene rings is 1. The molecule has 29 heavy (non-hydrogen) atoms. The van der Waals surface area contributed by atoms with Crippen LogP contribution in [0.15, 0.2) is 36.4 Å². The lowest BCUT2D eigenvalue weighted by molar-refractivity contribution is -0.119. The molecule has 1 fully saturated rings. The normalized spacial score (nSPS) is 17.3. The molecular weight excluding hydrogens is 390 g/mol. The summed E-state index contributed by atoms with van der Waals surface area (Å²) in [6.45, 7) is 0.543. The third kappa shape index (κ3) is 6.13. The minimum Gasteiger partial charge on any atom is -0.477 e. The molecule has 0 bridgehead atoms. The van der Waals surface area contributed by atoms with Gasteiger partial charge in [-0.2, -0.15) is 0 Å². The van der Waals surface area contributed by atoms with Gasteiger partial charge < -0.3 is 20.3 Å². The molecule has 1 amide bonds. The van der Waals surface area contributed by atoms with Gasteiger partial charge in [-0.3, -0.25) is 4.79 Å². The summed E-state index contributed by atoms with van der Waals surface area (Å²) in [7, 11) is 0. The van der Waals surface area contributed by atoms with Crippen LogP contribution in [0.25, 0.3) is 0 Å². The van der Waals surface area contributed by atoms with E-state index >= 15 is 0 Å². The fourth-order valence-electron chi connectivity index (χ4n) is 3.54. The maximum absolute atomic E-state index is 11.7. The predicted molar refractivity (Wildman–Crippen MR) is 111 cm³/mol. The summed E-state index contributed by atoms with van der Waals surface area (Å²) in [6, 6.07) is 11.6. The highest BCUT2D eigenvalue weighted by molar-refractivity contribution is 7.13. The standard InChI is InChI=1S/C22H27NO5S/c24-13-3-1-2-4-15-5-7-16(8-6-15)21(18-10-12-20(25)23-18)28-14-17-9-11-19(29-17)22(26)27/h5-9,11,18,21,24H,1-4,10,12-14H2,(H,23,25)(H,26,27). The molecule has 6 nitrogen and oxygen atoms in total. The smallest absolute Gasteiger partial charge is 0.345 e. The van der Waals surface area contributed by atoms with Crippen LogP contribution in [0.2, 0.25) is 0 Å². The number of unbranched alkanes of at least 4 members (excludes halogenated alkanes) is 2. The molecule has 3 N–H and O–H groups in total. The second-order valence-electron chi connectivity index (χ2n) is 7.29. The second kappa shape index (κ2) is 10.5. The van der Waals surface area contributed by atoms with Crippen LogP contribution in [0, 0.1) is 0 Å². The molecule has 7 heteroatoms. The number of aliphatic hydroxyl groups is 1. The van der Waals surface area contributed by atoms with Crippen LogP contribution in [0.5, 0.6) is 0 Å². The molecule has 2 aromatic rings. The van der Waals surface area contributed by atoms with E-state index in [0.29, 0.717) is 17.9 Å². The topological polar surface area (TPSA) is 95.9 Å². The first-order valence-corrected chi connectivity index (χ1v) is 10.8. The van der Waals surface area contributed by atoms with Gasteiger partial charge in [-0.15, -0.1) is 11.3 Å². The molecule has 1 saturated heterocycles. The monoisotopic (exact) mass is 417 g/mol. The Kier molecular flexibility index (Phi) is 7.80. The molecule has 0 spiro atoms. The van der Waals surface area contributed by atoms with E-state index in [1.165, 1.54) is 16.9 Å². The van der Waals surface area contributed by atoms with Gasteiger partial charge >= 0.3 is 5.97 Å². The molecule has 1 aromatic carbocycles. The number of rotatable bonds is 11. The Morgan fingerprint density at radius 3 is 2.59 bits per heavy atom. The van der Waals surface area contributed by atoms with Gasteiger partial charge in [0.1, 0.15) is 11.0 Å². The van der Waals surface area contributed by atoms with Gasteiger partial charge in [0.15, 0.2) is 0 Å². The van der Waals surface area contributed by atoms with E-state index in [-0.39, 0.29) is 24.7 Å². The number of aliphatic hydroxyl groups excluding tert-OH is 1. The summed E-state index contributed by atoms with van der Waals surface area (Å²) in [5.74, 6) is -0.899. The number of amides is 1. The fourth-order valence-corrected chi connectivity index (χ4v) is 4.31. The van der Waals surface area contributed by atoms with Gasteiger partial charge in [0, 0.05) is 17.9 Å². The van der Waals surface area contributed by atoms with Crippen LogP contribution in [-0.4, -0.2) is 34.7 Å². The van der Waals surface area contributed by atoms with Crippen molar-refractivity contribution in [2.24, 2.45) is 0 Å². The van der Waals surface area contributed by atoms with Crippen LogP contribution < -0.4 is 5.32 Å².